The normalized spacial score (nSPS) is 30.2. The van der Waals surface area contributed by atoms with Crippen molar-refractivity contribution in [1.82, 2.24) is 9.96 Å². The molecule has 0 aliphatic carbocycles. The molecular formula is C20H28N2O3. The summed E-state index contributed by atoms with van der Waals surface area (Å²) in [5.74, 6) is 0.145. The standard InChI is InChI=1S/C20H28N2O3/c23-20(22-10-4-5-12-25-22)17-14-19-18(9-13-24-19)21(15-17)11-8-16-6-2-1-3-7-16/h1-3,6-7,17-19H,4-5,8-15H2/t17-,18-,19-/m1/s1. The minimum Gasteiger partial charge on any atom is -0.377 e. The molecule has 3 aliphatic rings. The molecular weight excluding hydrogens is 316 g/mol. The molecule has 1 aromatic carbocycles. The van der Waals surface area contributed by atoms with Crippen LogP contribution in [0.15, 0.2) is 30.3 Å². The molecule has 3 aliphatic heterocycles. The maximum absolute atomic E-state index is 12.9. The Labute approximate surface area is 149 Å². The zero-order valence-electron chi connectivity index (χ0n) is 14.8. The van der Waals surface area contributed by atoms with Gasteiger partial charge in [0.25, 0.3) is 5.91 Å². The monoisotopic (exact) mass is 344 g/mol. The van der Waals surface area contributed by atoms with Crippen LogP contribution < -0.4 is 0 Å². The Morgan fingerprint density at radius 3 is 2.84 bits per heavy atom. The fraction of sp³-hybridized carbons (Fsp3) is 0.650. The van der Waals surface area contributed by atoms with E-state index in [2.05, 4.69) is 35.2 Å². The zero-order chi connectivity index (χ0) is 17.1. The van der Waals surface area contributed by atoms with E-state index in [1.54, 1.807) is 5.06 Å². The smallest absolute Gasteiger partial charge is 0.250 e. The number of carbonyl (C=O) groups is 1. The number of ether oxygens (including phenoxy) is 1. The van der Waals surface area contributed by atoms with Crippen molar-refractivity contribution in [2.75, 3.05) is 32.8 Å². The van der Waals surface area contributed by atoms with Crippen LogP contribution in [0.25, 0.3) is 0 Å². The van der Waals surface area contributed by atoms with Gasteiger partial charge in [-0.25, -0.2) is 5.06 Å². The highest BCUT2D eigenvalue weighted by molar-refractivity contribution is 5.78. The molecule has 0 bridgehead atoms. The van der Waals surface area contributed by atoms with Crippen molar-refractivity contribution in [3.63, 3.8) is 0 Å². The topological polar surface area (TPSA) is 42.0 Å². The molecule has 4 rings (SSSR count). The van der Waals surface area contributed by atoms with Gasteiger partial charge in [0.1, 0.15) is 0 Å². The Morgan fingerprint density at radius 2 is 2.04 bits per heavy atom. The highest BCUT2D eigenvalue weighted by Crippen LogP contribution is 2.32. The predicted molar refractivity (Wildman–Crippen MR) is 94.9 cm³/mol. The first-order valence-electron chi connectivity index (χ1n) is 9.65. The highest BCUT2D eigenvalue weighted by Gasteiger charge is 2.43. The number of nitrogens with zero attached hydrogens (tertiary/aromatic N) is 2. The first-order chi connectivity index (χ1) is 12.3. The van der Waals surface area contributed by atoms with Crippen LogP contribution in [0.1, 0.15) is 31.2 Å². The van der Waals surface area contributed by atoms with Crippen LogP contribution in [-0.4, -0.2) is 60.9 Å². The van der Waals surface area contributed by atoms with E-state index in [-0.39, 0.29) is 17.9 Å². The molecule has 3 atom stereocenters. The second kappa shape index (κ2) is 7.85. The Morgan fingerprint density at radius 1 is 1.16 bits per heavy atom. The number of hydroxylamine groups is 2. The molecule has 1 aromatic rings. The lowest BCUT2D eigenvalue weighted by molar-refractivity contribution is -0.204. The van der Waals surface area contributed by atoms with Gasteiger partial charge in [-0.1, -0.05) is 30.3 Å². The lowest BCUT2D eigenvalue weighted by Crippen LogP contribution is -2.54. The van der Waals surface area contributed by atoms with Gasteiger partial charge in [0.05, 0.1) is 18.6 Å². The molecule has 0 N–H and O–H groups in total. The van der Waals surface area contributed by atoms with Crippen LogP contribution in [0.4, 0.5) is 0 Å². The molecule has 1 amide bonds. The Kier molecular flexibility index (Phi) is 5.34. The van der Waals surface area contributed by atoms with Crippen molar-refractivity contribution in [2.45, 2.75) is 44.2 Å². The average molecular weight is 344 g/mol. The summed E-state index contributed by atoms with van der Waals surface area (Å²) in [4.78, 5) is 21.0. The number of carbonyl (C=O) groups excluding carboxylic acids is 1. The molecule has 0 unspecified atom stereocenters. The number of amides is 1. The fourth-order valence-electron chi connectivity index (χ4n) is 4.38. The first kappa shape index (κ1) is 17.0. The second-order valence-corrected chi connectivity index (χ2v) is 7.41. The van der Waals surface area contributed by atoms with Gasteiger partial charge in [-0.3, -0.25) is 14.5 Å². The van der Waals surface area contributed by atoms with E-state index in [0.29, 0.717) is 12.6 Å². The summed E-state index contributed by atoms with van der Waals surface area (Å²) in [6.45, 7) is 4.03. The van der Waals surface area contributed by atoms with Gasteiger partial charge in [-0.15, -0.1) is 0 Å². The summed E-state index contributed by atoms with van der Waals surface area (Å²) in [7, 11) is 0. The van der Waals surface area contributed by atoms with E-state index in [9.17, 15) is 4.79 Å². The van der Waals surface area contributed by atoms with Gasteiger partial charge in [0.15, 0.2) is 0 Å². The Balaban J connectivity index is 1.41. The molecule has 25 heavy (non-hydrogen) atoms. The van der Waals surface area contributed by atoms with E-state index < -0.39 is 0 Å². The lowest BCUT2D eigenvalue weighted by atomic mass is 9.89. The molecule has 3 heterocycles. The minimum atomic E-state index is -0.00627. The largest absolute Gasteiger partial charge is 0.377 e. The summed E-state index contributed by atoms with van der Waals surface area (Å²) in [6.07, 6.45) is 5.23. The van der Waals surface area contributed by atoms with Crippen LogP contribution >= 0.6 is 0 Å². The van der Waals surface area contributed by atoms with Crippen LogP contribution in [-0.2, 0) is 20.8 Å². The van der Waals surface area contributed by atoms with Gasteiger partial charge in [-0.05, 0) is 37.7 Å². The summed E-state index contributed by atoms with van der Waals surface area (Å²) >= 11 is 0. The molecule has 3 saturated heterocycles. The van der Waals surface area contributed by atoms with E-state index in [1.165, 1.54) is 5.56 Å². The molecule has 0 aromatic heterocycles. The molecule has 0 radical (unpaired) electrons. The molecule has 0 spiro atoms. The van der Waals surface area contributed by atoms with E-state index in [0.717, 1.165) is 58.3 Å². The van der Waals surface area contributed by atoms with Crippen LogP contribution in [0.3, 0.4) is 0 Å². The van der Waals surface area contributed by atoms with Gasteiger partial charge in [0.2, 0.25) is 0 Å². The molecule has 5 nitrogen and oxygen atoms in total. The Hall–Kier alpha value is -1.43. The molecule has 5 heteroatoms. The van der Waals surface area contributed by atoms with E-state index >= 15 is 0 Å². The van der Waals surface area contributed by atoms with Crippen molar-refractivity contribution in [1.29, 1.82) is 0 Å². The van der Waals surface area contributed by atoms with Crippen molar-refractivity contribution in [3.05, 3.63) is 35.9 Å². The molecule has 3 fully saturated rings. The summed E-state index contributed by atoms with van der Waals surface area (Å²) in [5, 5.41) is 1.61. The van der Waals surface area contributed by atoms with Gasteiger partial charge in [0, 0.05) is 32.3 Å². The maximum atomic E-state index is 12.9. The Bertz CT molecular complexity index is 574. The number of piperidine rings is 1. The van der Waals surface area contributed by atoms with Gasteiger partial charge >= 0.3 is 0 Å². The quantitative estimate of drug-likeness (QED) is 0.840. The number of benzene rings is 1. The number of hydrogen-bond donors (Lipinski definition) is 0. The summed E-state index contributed by atoms with van der Waals surface area (Å²) < 4.78 is 5.95. The number of rotatable bonds is 4. The first-order valence-corrected chi connectivity index (χ1v) is 9.65. The summed E-state index contributed by atoms with van der Waals surface area (Å²) in [6, 6.07) is 11.1. The van der Waals surface area contributed by atoms with Crippen molar-refractivity contribution < 1.29 is 14.4 Å². The number of fused-ring (bicyclic) bond motifs is 1. The number of likely N-dealkylation sites (tertiary alicyclic amines) is 1. The average Bonchev–Trinajstić information content (AvgIpc) is 3.16. The SMILES string of the molecule is O=C([C@@H]1C[C@H]2OCC[C@H]2N(CCc2ccccc2)C1)N1CCCCO1. The third-order valence-electron chi connectivity index (χ3n) is 5.74. The maximum Gasteiger partial charge on any atom is 0.250 e. The lowest BCUT2D eigenvalue weighted by Gasteiger charge is -2.41. The van der Waals surface area contributed by atoms with Crippen molar-refractivity contribution in [2.24, 2.45) is 5.92 Å². The third-order valence-corrected chi connectivity index (χ3v) is 5.74. The minimum absolute atomic E-state index is 0.00627. The zero-order valence-corrected chi connectivity index (χ0v) is 14.8. The van der Waals surface area contributed by atoms with Crippen LogP contribution in [0, 0.1) is 5.92 Å². The molecule has 0 saturated carbocycles. The van der Waals surface area contributed by atoms with Crippen LogP contribution in [0.2, 0.25) is 0 Å². The third kappa shape index (κ3) is 3.89. The van der Waals surface area contributed by atoms with E-state index in [1.807, 2.05) is 0 Å². The van der Waals surface area contributed by atoms with Gasteiger partial charge < -0.3 is 4.74 Å². The van der Waals surface area contributed by atoms with Crippen LogP contribution in [0.5, 0.6) is 0 Å². The van der Waals surface area contributed by atoms with Crippen molar-refractivity contribution in [3.8, 4) is 0 Å². The molecule has 136 valence electrons. The second-order valence-electron chi connectivity index (χ2n) is 7.41. The summed E-state index contributed by atoms with van der Waals surface area (Å²) in [5.41, 5.74) is 1.35. The predicted octanol–water partition coefficient (Wildman–Crippen LogP) is 2.26. The fourth-order valence-corrected chi connectivity index (χ4v) is 4.38. The van der Waals surface area contributed by atoms with E-state index in [4.69, 9.17) is 9.57 Å². The highest BCUT2D eigenvalue weighted by atomic mass is 16.7. The van der Waals surface area contributed by atoms with Gasteiger partial charge in [-0.2, -0.15) is 0 Å². The van der Waals surface area contributed by atoms with Crippen molar-refractivity contribution >= 4 is 5.91 Å². The number of hydrogen-bond acceptors (Lipinski definition) is 4.